The second-order valence-electron chi connectivity index (χ2n) is 4.17. The number of hydrogen-bond donors (Lipinski definition) is 0. The molecule has 0 aromatic carbocycles. The lowest BCUT2D eigenvalue weighted by Gasteiger charge is -2.37. The van der Waals surface area contributed by atoms with Crippen LogP contribution in [0.3, 0.4) is 0 Å². The summed E-state index contributed by atoms with van der Waals surface area (Å²) in [5.74, 6) is 3.42. The Labute approximate surface area is 70.7 Å². The summed E-state index contributed by atoms with van der Waals surface area (Å²) in [6.45, 7) is 11.0. The highest BCUT2D eigenvalue weighted by Crippen LogP contribution is 2.38. The molecule has 0 amide bonds. The number of hydrogen-bond acceptors (Lipinski definition) is 0. The van der Waals surface area contributed by atoms with Gasteiger partial charge in [-0.25, -0.2) is 0 Å². The highest BCUT2D eigenvalue weighted by Gasteiger charge is 2.29. The van der Waals surface area contributed by atoms with Crippen LogP contribution >= 0.6 is 0 Å². The summed E-state index contributed by atoms with van der Waals surface area (Å²) in [7, 11) is 0. The summed E-state index contributed by atoms with van der Waals surface area (Å²) in [6, 6.07) is 0. The topological polar surface area (TPSA) is 0 Å². The van der Waals surface area contributed by atoms with Gasteiger partial charge in [0.25, 0.3) is 0 Å². The average molecular weight is 152 g/mol. The van der Waals surface area contributed by atoms with Crippen LogP contribution in [0.1, 0.15) is 33.6 Å². The minimum absolute atomic E-state index is 0.779. The van der Waals surface area contributed by atoms with E-state index in [-0.39, 0.29) is 0 Å². The molecule has 1 aliphatic carbocycles. The van der Waals surface area contributed by atoms with E-state index in [1.165, 1.54) is 12.8 Å². The molecule has 4 unspecified atom stereocenters. The third kappa shape index (κ3) is 1.66. The van der Waals surface area contributed by atoms with Crippen molar-refractivity contribution < 1.29 is 0 Å². The molecule has 64 valence electrons. The lowest BCUT2D eigenvalue weighted by molar-refractivity contribution is 0.154. The lowest BCUT2D eigenvalue weighted by atomic mass is 9.69. The van der Waals surface area contributed by atoms with Crippen molar-refractivity contribution in [3.05, 3.63) is 12.7 Å². The molecule has 0 heteroatoms. The largest absolute Gasteiger partial charge is 0.103 e. The molecule has 0 spiro atoms. The number of allylic oxidation sites excluding steroid dienone is 1. The van der Waals surface area contributed by atoms with Crippen molar-refractivity contribution in [2.45, 2.75) is 33.6 Å². The highest BCUT2D eigenvalue weighted by molar-refractivity contribution is 4.90. The van der Waals surface area contributed by atoms with Crippen molar-refractivity contribution >= 4 is 0 Å². The molecule has 0 nitrogen and oxygen atoms in total. The van der Waals surface area contributed by atoms with Gasteiger partial charge in [-0.1, -0.05) is 26.8 Å². The third-order valence-corrected chi connectivity index (χ3v) is 3.66. The fraction of sp³-hybridized carbons (Fsp3) is 0.818. The van der Waals surface area contributed by atoms with Gasteiger partial charge in [0.15, 0.2) is 0 Å². The minimum atomic E-state index is 0.779. The number of rotatable bonds is 1. The van der Waals surface area contributed by atoms with Crippen LogP contribution < -0.4 is 0 Å². The Hall–Kier alpha value is -0.260. The SMILES string of the molecule is C=CC1CCC(C)C(C)C1C. The zero-order valence-corrected chi connectivity index (χ0v) is 8.01. The van der Waals surface area contributed by atoms with Crippen molar-refractivity contribution in [1.82, 2.24) is 0 Å². The predicted molar refractivity (Wildman–Crippen MR) is 50.4 cm³/mol. The van der Waals surface area contributed by atoms with Crippen LogP contribution in [-0.2, 0) is 0 Å². The fourth-order valence-corrected chi connectivity index (χ4v) is 2.22. The second kappa shape index (κ2) is 3.42. The van der Waals surface area contributed by atoms with Crippen LogP contribution in [-0.4, -0.2) is 0 Å². The van der Waals surface area contributed by atoms with E-state index in [4.69, 9.17) is 0 Å². The van der Waals surface area contributed by atoms with Crippen molar-refractivity contribution in [2.75, 3.05) is 0 Å². The van der Waals surface area contributed by atoms with Crippen LogP contribution in [0.5, 0.6) is 0 Å². The van der Waals surface area contributed by atoms with E-state index in [9.17, 15) is 0 Å². The van der Waals surface area contributed by atoms with E-state index in [0.717, 1.165) is 23.7 Å². The Kier molecular flexibility index (Phi) is 2.75. The van der Waals surface area contributed by atoms with Crippen LogP contribution in [0.25, 0.3) is 0 Å². The van der Waals surface area contributed by atoms with Crippen LogP contribution in [0, 0.1) is 23.7 Å². The molecular weight excluding hydrogens is 132 g/mol. The minimum Gasteiger partial charge on any atom is -0.103 e. The first kappa shape index (κ1) is 8.83. The van der Waals surface area contributed by atoms with E-state index >= 15 is 0 Å². The van der Waals surface area contributed by atoms with Crippen molar-refractivity contribution in [3.63, 3.8) is 0 Å². The maximum absolute atomic E-state index is 3.89. The summed E-state index contributed by atoms with van der Waals surface area (Å²) in [4.78, 5) is 0. The molecule has 4 atom stereocenters. The van der Waals surface area contributed by atoms with E-state index < -0.39 is 0 Å². The Morgan fingerprint density at radius 3 is 2.27 bits per heavy atom. The molecule has 0 N–H and O–H groups in total. The van der Waals surface area contributed by atoms with Crippen molar-refractivity contribution in [3.8, 4) is 0 Å². The van der Waals surface area contributed by atoms with Crippen molar-refractivity contribution in [1.29, 1.82) is 0 Å². The van der Waals surface area contributed by atoms with Gasteiger partial charge in [-0.05, 0) is 36.5 Å². The van der Waals surface area contributed by atoms with E-state index in [1.54, 1.807) is 0 Å². The molecule has 0 radical (unpaired) electrons. The monoisotopic (exact) mass is 152 g/mol. The maximum atomic E-state index is 3.89. The van der Waals surface area contributed by atoms with Crippen LogP contribution in [0.15, 0.2) is 12.7 Å². The molecule has 0 bridgehead atoms. The maximum Gasteiger partial charge on any atom is -0.0208 e. The smallest absolute Gasteiger partial charge is 0.0208 e. The Bertz CT molecular complexity index is 137. The molecule has 0 heterocycles. The average Bonchev–Trinajstić information content (AvgIpc) is 2.01. The summed E-state index contributed by atoms with van der Waals surface area (Å²) in [6.07, 6.45) is 4.89. The predicted octanol–water partition coefficient (Wildman–Crippen LogP) is 3.49. The summed E-state index contributed by atoms with van der Waals surface area (Å²) >= 11 is 0. The second-order valence-corrected chi connectivity index (χ2v) is 4.17. The van der Waals surface area contributed by atoms with Crippen LogP contribution in [0.2, 0.25) is 0 Å². The Morgan fingerprint density at radius 2 is 1.73 bits per heavy atom. The van der Waals surface area contributed by atoms with Crippen molar-refractivity contribution in [2.24, 2.45) is 23.7 Å². The normalized spacial score (nSPS) is 45.4. The van der Waals surface area contributed by atoms with Gasteiger partial charge in [0.2, 0.25) is 0 Å². The molecule has 1 saturated carbocycles. The van der Waals surface area contributed by atoms with Gasteiger partial charge in [0.05, 0.1) is 0 Å². The van der Waals surface area contributed by atoms with Gasteiger partial charge in [-0.2, -0.15) is 0 Å². The fourth-order valence-electron chi connectivity index (χ4n) is 2.22. The molecule has 11 heavy (non-hydrogen) atoms. The molecular formula is C11H20. The Balaban J connectivity index is 2.58. The van der Waals surface area contributed by atoms with Gasteiger partial charge in [-0.3, -0.25) is 0 Å². The molecule has 0 aliphatic heterocycles. The highest BCUT2D eigenvalue weighted by atomic mass is 14.3. The van der Waals surface area contributed by atoms with E-state index in [1.807, 2.05) is 0 Å². The molecule has 1 rings (SSSR count). The first-order valence-electron chi connectivity index (χ1n) is 4.79. The van der Waals surface area contributed by atoms with Gasteiger partial charge >= 0.3 is 0 Å². The zero-order chi connectivity index (χ0) is 8.43. The van der Waals surface area contributed by atoms with Crippen LogP contribution in [0.4, 0.5) is 0 Å². The molecule has 0 aromatic heterocycles. The first-order valence-corrected chi connectivity index (χ1v) is 4.79. The third-order valence-electron chi connectivity index (χ3n) is 3.66. The van der Waals surface area contributed by atoms with Gasteiger partial charge in [-0.15, -0.1) is 6.58 Å². The lowest BCUT2D eigenvalue weighted by Crippen LogP contribution is -2.28. The zero-order valence-electron chi connectivity index (χ0n) is 8.01. The first-order chi connectivity index (χ1) is 5.16. The summed E-state index contributed by atoms with van der Waals surface area (Å²) < 4.78 is 0. The van der Waals surface area contributed by atoms with Gasteiger partial charge < -0.3 is 0 Å². The summed E-state index contributed by atoms with van der Waals surface area (Å²) in [5.41, 5.74) is 0. The molecule has 1 fully saturated rings. The Morgan fingerprint density at radius 1 is 1.09 bits per heavy atom. The standard InChI is InChI=1S/C11H20/c1-5-11-7-6-8(2)9(3)10(11)4/h5,8-11H,1,6-7H2,2-4H3. The van der Waals surface area contributed by atoms with Gasteiger partial charge in [0.1, 0.15) is 0 Å². The molecule has 1 aliphatic rings. The molecule has 0 saturated heterocycles. The van der Waals surface area contributed by atoms with E-state index in [0.29, 0.717) is 0 Å². The summed E-state index contributed by atoms with van der Waals surface area (Å²) in [5, 5.41) is 0. The van der Waals surface area contributed by atoms with E-state index in [2.05, 4.69) is 33.4 Å². The molecule has 0 aromatic rings. The van der Waals surface area contributed by atoms with Gasteiger partial charge in [0, 0.05) is 0 Å². The quantitative estimate of drug-likeness (QED) is 0.504.